The molecule has 5 heteroatoms. The molecule has 0 saturated carbocycles. The molecular weight excluding hydrogens is 366 g/mol. The van der Waals surface area contributed by atoms with Crippen molar-refractivity contribution in [2.45, 2.75) is 12.5 Å². The van der Waals surface area contributed by atoms with Crippen LogP contribution in [-0.2, 0) is 11.3 Å². The second-order valence-electron chi connectivity index (χ2n) is 6.96. The number of hydrogen-bond acceptors (Lipinski definition) is 4. The number of ether oxygens (including phenoxy) is 3. The Hall–Kier alpha value is -3.47. The number of methoxy groups -OCH3 is 2. The van der Waals surface area contributed by atoms with Gasteiger partial charge in [0, 0.05) is 30.3 Å². The number of carbonyl (C=O) groups is 1. The van der Waals surface area contributed by atoms with Gasteiger partial charge in [-0.25, -0.2) is 0 Å². The average molecular weight is 389 g/mol. The van der Waals surface area contributed by atoms with Gasteiger partial charge in [-0.1, -0.05) is 48.5 Å². The third-order valence-corrected chi connectivity index (χ3v) is 5.20. The highest BCUT2D eigenvalue weighted by Crippen LogP contribution is 2.44. The minimum absolute atomic E-state index is 0.00178. The van der Waals surface area contributed by atoms with Gasteiger partial charge in [0.05, 0.1) is 20.1 Å². The van der Waals surface area contributed by atoms with Gasteiger partial charge in [0.15, 0.2) is 11.5 Å². The molecule has 0 atom stereocenters. The van der Waals surface area contributed by atoms with Gasteiger partial charge in [-0.05, 0) is 18.2 Å². The van der Waals surface area contributed by atoms with E-state index >= 15 is 0 Å². The van der Waals surface area contributed by atoms with Gasteiger partial charge in [-0.3, -0.25) is 4.79 Å². The van der Waals surface area contributed by atoms with Crippen LogP contribution in [0.1, 0.15) is 22.6 Å². The zero-order valence-electron chi connectivity index (χ0n) is 16.7. The van der Waals surface area contributed by atoms with Crippen molar-refractivity contribution >= 4 is 5.91 Å². The third-order valence-electron chi connectivity index (χ3n) is 5.20. The summed E-state index contributed by atoms with van der Waals surface area (Å²) in [6.45, 7) is 0.404. The number of benzene rings is 3. The van der Waals surface area contributed by atoms with Crippen LogP contribution in [0.5, 0.6) is 23.0 Å². The van der Waals surface area contributed by atoms with E-state index in [1.807, 2.05) is 73.8 Å². The van der Waals surface area contributed by atoms with Crippen molar-refractivity contribution in [3.63, 3.8) is 0 Å². The Morgan fingerprint density at radius 3 is 2.10 bits per heavy atom. The standard InChI is InChI=1S/C24H23NO4/c1-25(15-16-9-8-14-21(27-2)23(16)28-3)24(26)22-17-10-4-6-12-19(17)29-20-13-7-5-11-18(20)22/h4-14,22H,15H2,1-3H3. The van der Waals surface area contributed by atoms with Crippen molar-refractivity contribution in [2.75, 3.05) is 21.3 Å². The van der Waals surface area contributed by atoms with Gasteiger partial charge in [0.25, 0.3) is 0 Å². The van der Waals surface area contributed by atoms with E-state index < -0.39 is 5.92 Å². The fraction of sp³-hybridized carbons (Fsp3) is 0.208. The van der Waals surface area contributed by atoms with Crippen LogP contribution < -0.4 is 14.2 Å². The molecule has 1 aliphatic rings. The van der Waals surface area contributed by atoms with Gasteiger partial charge in [-0.15, -0.1) is 0 Å². The quantitative estimate of drug-likeness (QED) is 0.640. The summed E-state index contributed by atoms with van der Waals surface area (Å²) in [5.74, 6) is 2.31. The average Bonchev–Trinajstić information content (AvgIpc) is 2.76. The van der Waals surface area contributed by atoms with E-state index in [1.54, 1.807) is 19.1 Å². The second-order valence-corrected chi connectivity index (χ2v) is 6.96. The number of amides is 1. The first-order chi connectivity index (χ1) is 14.1. The third kappa shape index (κ3) is 3.40. The van der Waals surface area contributed by atoms with E-state index in [0.29, 0.717) is 18.0 Å². The first kappa shape index (κ1) is 18.9. The lowest BCUT2D eigenvalue weighted by atomic mass is 9.87. The molecule has 3 aromatic carbocycles. The molecule has 4 rings (SSSR count). The Bertz CT molecular complexity index is 1000. The van der Waals surface area contributed by atoms with Crippen molar-refractivity contribution in [1.29, 1.82) is 0 Å². The van der Waals surface area contributed by atoms with Crippen LogP contribution in [0, 0.1) is 0 Å². The molecular formula is C24H23NO4. The number of nitrogens with zero attached hydrogens (tertiary/aromatic N) is 1. The Balaban J connectivity index is 1.69. The van der Waals surface area contributed by atoms with Crippen LogP contribution in [-0.4, -0.2) is 32.1 Å². The van der Waals surface area contributed by atoms with Gasteiger partial charge in [0.2, 0.25) is 5.91 Å². The van der Waals surface area contributed by atoms with Gasteiger partial charge in [0.1, 0.15) is 11.5 Å². The smallest absolute Gasteiger partial charge is 0.234 e. The van der Waals surface area contributed by atoms with Crippen LogP contribution in [0.4, 0.5) is 0 Å². The van der Waals surface area contributed by atoms with Crippen LogP contribution in [0.3, 0.4) is 0 Å². The molecule has 0 N–H and O–H groups in total. The SMILES string of the molecule is COc1cccc(CN(C)C(=O)C2c3ccccc3Oc3ccccc32)c1OC. The predicted octanol–water partition coefficient (Wildman–Crippen LogP) is 4.60. The molecule has 29 heavy (non-hydrogen) atoms. The summed E-state index contributed by atoms with van der Waals surface area (Å²) >= 11 is 0. The van der Waals surface area contributed by atoms with Crippen molar-refractivity contribution in [3.8, 4) is 23.0 Å². The Morgan fingerprint density at radius 1 is 0.897 bits per heavy atom. The summed E-state index contributed by atoms with van der Waals surface area (Å²) in [7, 11) is 5.02. The van der Waals surface area contributed by atoms with Crippen LogP contribution in [0.25, 0.3) is 0 Å². The molecule has 0 spiro atoms. The van der Waals surface area contributed by atoms with Crippen molar-refractivity contribution in [2.24, 2.45) is 0 Å². The lowest BCUT2D eigenvalue weighted by Gasteiger charge is -2.30. The lowest BCUT2D eigenvalue weighted by Crippen LogP contribution is -2.33. The van der Waals surface area contributed by atoms with Crippen molar-refractivity contribution in [1.82, 2.24) is 4.90 Å². The van der Waals surface area contributed by atoms with Gasteiger partial charge >= 0.3 is 0 Å². The number of fused-ring (bicyclic) bond motifs is 2. The van der Waals surface area contributed by atoms with E-state index in [0.717, 1.165) is 28.2 Å². The minimum atomic E-state index is -0.419. The molecule has 3 aromatic rings. The highest BCUT2D eigenvalue weighted by atomic mass is 16.5. The predicted molar refractivity (Wildman–Crippen MR) is 111 cm³/mol. The Morgan fingerprint density at radius 2 is 1.52 bits per heavy atom. The zero-order valence-corrected chi connectivity index (χ0v) is 16.7. The summed E-state index contributed by atoms with van der Waals surface area (Å²) in [5.41, 5.74) is 2.64. The zero-order chi connectivity index (χ0) is 20.4. The molecule has 1 aliphatic heterocycles. The first-order valence-corrected chi connectivity index (χ1v) is 9.44. The number of carbonyl (C=O) groups excluding carboxylic acids is 1. The maximum Gasteiger partial charge on any atom is 0.234 e. The normalized spacial score (nSPS) is 12.4. The molecule has 1 amide bonds. The van der Waals surface area contributed by atoms with Crippen LogP contribution >= 0.6 is 0 Å². The molecule has 0 aromatic heterocycles. The van der Waals surface area contributed by atoms with Crippen molar-refractivity contribution in [3.05, 3.63) is 83.4 Å². The number of rotatable bonds is 5. The summed E-state index contributed by atoms with van der Waals surface area (Å²) < 4.78 is 16.9. The van der Waals surface area contributed by atoms with Crippen LogP contribution in [0.2, 0.25) is 0 Å². The molecule has 148 valence electrons. The lowest BCUT2D eigenvalue weighted by molar-refractivity contribution is -0.131. The molecule has 0 bridgehead atoms. The van der Waals surface area contributed by atoms with E-state index in [-0.39, 0.29) is 5.91 Å². The summed E-state index contributed by atoms with van der Waals surface area (Å²) in [5, 5.41) is 0. The van der Waals surface area contributed by atoms with E-state index in [4.69, 9.17) is 14.2 Å². The topological polar surface area (TPSA) is 48.0 Å². The first-order valence-electron chi connectivity index (χ1n) is 9.44. The van der Waals surface area contributed by atoms with Gasteiger partial charge < -0.3 is 19.1 Å². The number of para-hydroxylation sites is 3. The molecule has 1 heterocycles. The van der Waals surface area contributed by atoms with E-state index in [1.165, 1.54) is 0 Å². The number of likely N-dealkylation sites (N-methyl/N-ethyl adjacent to an activating group) is 1. The molecule has 5 nitrogen and oxygen atoms in total. The maximum absolute atomic E-state index is 13.6. The van der Waals surface area contributed by atoms with Crippen molar-refractivity contribution < 1.29 is 19.0 Å². The monoisotopic (exact) mass is 389 g/mol. The fourth-order valence-corrected chi connectivity index (χ4v) is 3.81. The molecule has 0 aliphatic carbocycles. The summed E-state index contributed by atoms with van der Waals surface area (Å²) in [4.78, 5) is 15.3. The fourth-order valence-electron chi connectivity index (χ4n) is 3.81. The largest absolute Gasteiger partial charge is 0.493 e. The second kappa shape index (κ2) is 7.87. The molecule has 0 saturated heterocycles. The van der Waals surface area contributed by atoms with Crippen LogP contribution in [0.15, 0.2) is 66.7 Å². The van der Waals surface area contributed by atoms with E-state index in [2.05, 4.69) is 0 Å². The molecule has 0 unspecified atom stereocenters. The minimum Gasteiger partial charge on any atom is -0.493 e. The van der Waals surface area contributed by atoms with Gasteiger partial charge in [-0.2, -0.15) is 0 Å². The Kier molecular flexibility index (Phi) is 5.12. The number of hydrogen-bond donors (Lipinski definition) is 0. The highest BCUT2D eigenvalue weighted by Gasteiger charge is 2.34. The summed E-state index contributed by atoms with van der Waals surface area (Å²) in [6.07, 6.45) is 0. The highest BCUT2D eigenvalue weighted by molar-refractivity contribution is 5.89. The molecule has 0 radical (unpaired) electrons. The summed E-state index contributed by atoms with van der Waals surface area (Å²) in [6, 6.07) is 21.1. The Labute approximate surface area is 170 Å². The maximum atomic E-state index is 13.6. The van der Waals surface area contributed by atoms with E-state index in [9.17, 15) is 4.79 Å². The molecule has 0 fully saturated rings.